The molecular formula is C18H17N3O5. The molecule has 0 fully saturated rings. The van der Waals surface area contributed by atoms with E-state index >= 15 is 0 Å². The number of nitrogens with zero attached hydrogens (tertiary/aromatic N) is 2. The van der Waals surface area contributed by atoms with Gasteiger partial charge < -0.3 is 5.11 Å². The largest absolute Gasteiger partial charge is 0.481 e. The smallest absolute Gasteiger partial charge is 0.303 e. The van der Waals surface area contributed by atoms with Crippen molar-refractivity contribution in [3.8, 4) is 0 Å². The number of benzene rings is 2. The van der Waals surface area contributed by atoms with Crippen LogP contribution < -0.4 is 5.43 Å². The lowest BCUT2D eigenvalue weighted by atomic mass is 10.1. The summed E-state index contributed by atoms with van der Waals surface area (Å²) in [7, 11) is 0. The number of hydrogen-bond acceptors (Lipinski definition) is 5. The Morgan fingerprint density at radius 3 is 2.42 bits per heavy atom. The number of hydrogen-bond donors (Lipinski definition) is 2. The topological polar surface area (TPSA) is 122 Å². The summed E-state index contributed by atoms with van der Waals surface area (Å²) in [6.45, 7) is 1.58. The molecule has 2 aromatic rings. The minimum absolute atomic E-state index is 0.0942. The van der Waals surface area contributed by atoms with Gasteiger partial charge in [-0.2, -0.15) is 5.10 Å². The quantitative estimate of drug-likeness (QED) is 0.449. The van der Waals surface area contributed by atoms with E-state index in [-0.39, 0.29) is 24.1 Å². The summed E-state index contributed by atoms with van der Waals surface area (Å²) in [5, 5.41) is 23.9. The van der Waals surface area contributed by atoms with Crippen LogP contribution >= 0.6 is 0 Å². The number of aliphatic carboxylic acids is 1. The molecule has 0 aromatic heterocycles. The summed E-state index contributed by atoms with van der Waals surface area (Å²) in [4.78, 5) is 33.5. The van der Waals surface area contributed by atoms with Crippen molar-refractivity contribution in [1.82, 2.24) is 5.43 Å². The lowest BCUT2D eigenvalue weighted by Gasteiger charge is -2.07. The van der Waals surface area contributed by atoms with Crippen LogP contribution in [0.25, 0.3) is 0 Å². The lowest BCUT2D eigenvalue weighted by molar-refractivity contribution is -0.385. The summed E-state index contributed by atoms with van der Waals surface area (Å²) in [6, 6.07) is 13.0. The molecule has 0 aliphatic heterocycles. The summed E-state index contributed by atoms with van der Waals surface area (Å²) in [5.74, 6) is -1.59. The van der Waals surface area contributed by atoms with Gasteiger partial charge >= 0.3 is 5.97 Å². The van der Waals surface area contributed by atoms with Gasteiger partial charge in [-0.1, -0.05) is 36.4 Å². The zero-order chi connectivity index (χ0) is 19.1. The van der Waals surface area contributed by atoms with Crippen LogP contribution in [0.2, 0.25) is 0 Å². The molecule has 2 rings (SSSR count). The summed E-state index contributed by atoms with van der Waals surface area (Å²) < 4.78 is 0. The molecule has 0 radical (unpaired) electrons. The second-order valence-corrected chi connectivity index (χ2v) is 5.52. The Labute approximate surface area is 149 Å². The van der Waals surface area contributed by atoms with Gasteiger partial charge in [0.1, 0.15) is 0 Å². The van der Waals surface area contributed by atoms with Crippen molar-refractivity contribution in [1.29, 1.82) is 0 Å². The Morgan fingerprint density at radius 2 is 1.81 bits per heavy atom. The van der Waals surface area contributed by atoms with Crippen molar-refractivity contribution in [2.45, 2.75) is 19.8 Å². The van der Waals surface area contributed by atoms with Crippen LogP contribution in [0.15, 0.2) is 53.6 Å². The van der Waals surface area contributed by atoms with Gasteiger partial charge in [0.05, 0.1) is 17.1 Å². The van der Waals surface area contributed by atoms with Crippen molar-refractivity contribution < 1.29 is 19.6 Å². The third kappa shape index (κ3) is 4.97. The van der Waals surface area contributed by atoms with E-state index in [9.17, 15) is 19.7 Å². The number of amides is 1. The van der Waals surface area contributed by atoms with Gasteiger partial charge in [0, 0.05) is 23.6 Å². The first-order valence-corrected chi connectivity index (χ1v) is 7.77. The third-order valence-electron chi connectivity index (χ3n) is 3.64. The number of aryl methyl sites for hydroxylation is 1. The maximum Gasteiger partial charge on any atom is 0.303 e. The van der Waals surface area contributed by atoms with Gasteiger partial charge in [0.2, 0.25) is 0 Å². The first kappa shape index (κ1) is 18.8. The summed E-state index contributed by atoms with van der Waals surface area (Å²) >= 11 is 0. The molecule has 0 heterocycles. The van der Waals surface area contributed by atoms with Gasteiger partial charge in [-0.05, 0) is 18.6 Å². The minimum atomic E-state index is -0.978. The second kappa shape index (κ2) is 8.52. The van der Waals surface area contributed by atoms with E-state index in [1.54, 1.807) is 31.2 Å². The van der Waals surface area contributed by atoms with Crippen molar-refractivity contribution in [2.75, 3.05) is 0 Å². The highest BCUT2D eigenvalue weighted by Crippen LogP contribution is 2.19. The van der Waals surface area contributed by atoms with E-state index < -0.39 is 16.8 Å². The summed E-state index contributed by atoms with van der Waals surface area (Å²) in [5.41, 5.74) is 3.81. The maximum absolute atomic E-state index is 12.2. The highest BCUT2D eigenvalue weighted by molar-refractivity contribution is 6.03. The number of nitrogens with one attached hydrogen (secondary N) is 1. The molecule has 2 aromatic carbocycles. The Morgan fingerprint density at radius 1 is 1.12 bits per heavy atom. The highest BCUT2D eigenvalue weighted by atomic mass is 16.6. The molecule has 0 atom stereocenters. The fraction of sp³-hybridized carbons (Fsp3) is 0.167. The standard InChI is InChI=1S/C18H17N3O5/c1-12-7-8-14(11-16(12)21(25)26)18(24)20-19-15(9-10-17(22)23)13-5-3-2-4-6-13/h2-8,11H,9-10H2,1H3,(H,20,24)(H,22,23). The molecule has 0 saturated heterocycles. The predicted octanol–water partition coefficient (Wildman–Crippen LogP) is 2.90. The van der Waals surface area contributed by atoms with Crippen molar-refractivity contribution in [3.63, 3.8) is 0 Å². The number of hydrazone groups is 1. The van der Waals surface area contributed by atoms with Crippen LogP contribution in [-0.2, 0) is 4.79 Å². The number of rotatable bonds is 7. The van der Waals surface area contributed by atoms with Gasteiger partial charge in [0.15, 0.2) is 0 Å². The van der Waals surface area contributed by atoms with Gasteiger partial charge in [-0.25, -0.2) is 5.43 Å². The average molecular weight is 355 g/mol. The second-order valence-electron chi connectivity index (χ2n) is 5.52. The number of nitro groups is 1. The molecule has 0 bridgehead atoms. The van der Waals surface area contributed by atoms with Crippen molar-refractivity contribution in [3.05, 3.63) is 75.3 Å². The molecule has 0 spiro atoms. The van der Waals surface area contributed by atoms with E-state index in [2.05, 4.69) is 10.5 Å². The molecule has 0 aliphatic carbocycles. The van der Waals surface area contributed by atoms with Crippen molar-refractivity contribution in [2.24, 2.45) is 5.10 Å². The molecule has 0 saturated carbocycles. The van der Waals surface area contributed by atoms with Crippen LogP contribution in [0, 0.1) is 17.0 Å². The van der Waals surface area contributed by atoms with Gasteiger partial charge in [-0.3, -0.25) is 19.7 Å². The number of carboxylic acids is 1. The molecule has 0 unspecified atom stereocenters. The Kier molecular flexibility index (Phi) is 6.15. The molecule has 0 aliphatic rings. The molecule has 8 nitrogen and oxygen atoms in total. The number of nitro benzene ring substituents is 1. The fourth-order valence-corrected chi connectivity index (χ4v) is 2.25. The van der Waals surface area contributed by atoms with E-state index in [1.165, 1.54) is 18.2 Å². The number of carbonyl (C=O) groups excluding carboxylic acids is 1. The average Bonchev–Trinajstić information content (AvgIpc) is 2.62. The highest BCUT2D eigenvalue weighted by Gasteiger charge is 2.15. The van der Waals surface area contributed by atoms with Gasteiger partial charge in [0.25, 0.3) is 11.6 Å². The van der Waals surface area contributed by atoms with Crippen LogP contribution in [0.3, 0.4) is 0 Å². The normalized spacial score (nSPS) is 11.0. The minimum Gasteiger partial charge on any atom is -0.481 e. The Balaban J connectivity index is 2.23. The fourth-order valence-electron chi connectivity index (χ4n) is 2.25. The van der Waals surface area contributed by atoms with E-state index in [1.807, 2.05) is 6.07 Å². The Hall–Kier alpha value is -3.55. The first-order valence-electron chi connectivity index (χ1n) is 7.77. The first-order chi connectivity index (χ1) is 12.4. The van der Waals surface area contributed by atoms with Crippen LogP contribution in [-0.4, -0.2) is 27.6 Å². The molecular weight excluding hydrogens is 338 g/mol. The lowest BCUT2D eigenvalue weighted by Crippen LogP contribution is -2.20. The molecule has 8 heteroatoms. The van der Waals surface area contributed by atoms with E-state index in [0.717, 1.165) is 0 Å². The molecule has 2 N–H and O–H groups in total. The van der Waals surface area contributed by atoms with E-state index in [4.69, 9.17) is 5.11 Å². The molecule has 134 valence electrons. The molecule has 1 amide bonds. The van der Waals surface area contributed by atoms with Gasteiger partial charge in [-0.15, -0.1) is 0 Å². The van der Waals surface area contributed by atoms with Crippen LogP contribution in [0.1, 0.15) is 34.3 Å². The van der Waals surface area contributed by atoms with Crippen molar-refractivity contribution >= 4 is 23.3 Å². The zero-order valence-electron chi connectivity index (χ0n) is 14.0. The van der Waals surface area contributed by atoms with E-state index in [0.29, 0.717) is 16.8 Å². The molecule has 26 heavy (non-hydrogen) atoms. The SMILES string of the molecule is Cc1ccc(C(=O)NN=C(CCC(=O)O)c2ccccc2)cc1[N+](=O)[O-]. The Bertz CT molecular complexity index is 862. The monoisotopic (exact) mass is 355 g/mol. The number of carbonyl (C=O) groups is 2. The van der Waals surface area contributed by atoms with Crippen LogP contribution in [0.4, 0.5) is 5.69 Å². The zero-order valence-corrected chi connectivity index (χ0v) is 14.0. The summed E-state index contributed by atoms with van der Waals surface area (Å²) in [6.07, 6.45) is -0.00667. The van der Waals surface area contributed by atoms with Crippen LogP contribution in [0.5, 0.6) is 0 Å². The predicted molar refractivity (Wildman–Crippen MR) is 95.1 cm³/mol. The number of carboxylic acid groups (broad SMARTS) is 1. The third-order valence-corrected chi connectivity index (χ3v) is 3.64. The maximum atomic E-state index is 12.2.